The van der Waals surface area contributed by atoms with E-state index in [1.807, 2.05) is 22.6 Å². The average molecular weight is 463 g/mol. The molecular weight excluding hydrogens is 452 g/mol. The molecular formula is C14H11FIN3O4S. The van der Waals surface area contributed by atoms with E-state index < -0.39 is 17.7 Å². The Morgan fingerprint density at radius 2 is 2.17 bits per heavy atom. The van der Waals surface area contributed by atoms with Gasteiger partial charge in [-0.2, -0.15) is 5.10 Å². The molecule has 0 saturated carbocycles. The quantitative estimate of drug-likeness (QED) is 0.243. The van der Waals surface area contributed by atoms with Gasteiger partial charge in [-0.05, 0) is 46.5 Å². The van der Waals surface area contributed by atoms with Crippen LogP contribution in [0.1, 0.15) is 5.56 Å². The number of rotatable bonds is 4. The summed E-state index contributed by atoms with van der Waals surface area (Å²) < 4.78 is 23.8. The van der Waals surface area contributed by atoms with Crippen LogP contribution in [0.25, 0.3) is 0 Å². The zero-order valence-corrected chi connectivity index (χ0v) is 15.5. The molecule has 0 aromatic heterocycles. The van der Waals surface area contributed by atoms with E-state index in [1.165, 1.54) is 20.4 Å². The highest BCUT2D eigenvalue weighted by atomic mass is 127. The van der Waals surface area contributed by atoms with Crippen molar-refractivity contribution in [2.45, 2.75) is 0 Å². The van der Waals surface area contributed by atoms with E-state index in [0.29, 0.717) is 9.13 Å². The van der Waals surface area contributed by atoms with E-state index in [2.05, 4.69) is 20.3 Å². The number of esters is 1. The number of thioether (sulfide) groups is 1. The van der Waals surface area contributed by atoms with Gasteiger partial charge in [0.1, 0.15) is 0 Å². The largest absolute Gasteiger partial charge is 0.493 e. The number of benzene rings is 1. The van der Waals surface area contributed by atoms with Crippen LogP contribution in [-0.4, -0.2) is 37.5 Å². The highest BCUT2D eigenvalue weighted by molar-refractivity contribution is 14.1. The normalized spacial score (nSPS) is 17.6. The highest BCUT2D eigenvalue weighted by Crippen LogP contribution is 2.26. The van der Waals surface area contributed by atoms with Gasteiger partial charge in [0.25, 0.3) is 5.91 Å². The lowest BCUT2D eigenvalue weighted by Gasteiger charge is -2.06. The Bertz CT molecular complexity index is 780. The first-order chi connectivity index (χ1) is 11.5. The van der Waals surface area contributed by atoms with Crippen molar-refractivity contribution in [3.8, 4) is 5.75 Å². The SMILES string of the molecule is COC(=O)/C=C1/S/C(=N\N=Cc2ccc(I)c(F)c2OC)NC1=O. The van der Waals surface area contributed by atoms with E-state index in [9.17, 15) is 14.0 Å². The van der Waals surface area contributed by atoms with Gasteiger partial charge in [0, 0.05) is 11.6 Å². The second kappa shape index (κ2) is 8.24. The van der Waals surface area contributed by atoms with Crippen LogP contribution in [0.4, 0.5) is 4.39 Å². The Hall–Kier alpha value is -1.95. The first-order valence-corrected chi connectivity index (χ1v) is 8.27. The average Bonchev–Trinajstić information content (AvgIpc) is 2.90. The summed E-state index contributed by atoms with van der Waals surface area (Å²) in [4.78, 5) is 22.9. The standard InChI is InChI=1S/C14H11FIN3O4S/c1-22-10(20)5-9-13(21)18-14(24-9)19-17-6-7-3-4-8(16)11(15)12(7)23-2/h3-6H,1-2H3,(H,18,19,21)/b9-5+,17-6?. The fourth-order valence-corrected chi connectivity index (χ4v) is 2.80. The Morgan fingerprint density at radius 3 is 2.83 bits per heavy atom. The minimum atomic E-state index is -0.642. The molecule has 0 spiro atoms. The molecule has 0 atom stereocenters. The molecule has 1 aliphatic rings. The maximum Gasteiger partial charge on any atom is 0.331 e. The van der Waals surface area contributed by atoms with Crippen LogP contribution in [0, 0.1) is 9.39 Å². The molecule has 1 heterocycles. The fourth-order valence-electron chi connectivity index (χ4n) is 1.64. The fraction of sp³-hybridized carbons (Fsp3) is 0.143. The topological polar surface area (TPSA) is 89.3 Å². The van der Waals surface area contributed by atoms with Gasteiger partial charge >= 0.3 is 5.97 Å². The van der Waals surface area contributed by atoms with Crippen molar-refractivity contribution in [1.29, 1.82) is 0 Å². The number of amidine groups is 1. The van der Waals surface area contributed by atoms with Crippen molar-refractivity contribution in [1.82, 2.24) is 5.32 Å². The predicted molar refractivity (Wildman–Crippen MR) is 96.5 cm³/mol. The molecule has 1 aromatic carbocycles. The summed E-state index contributed by atoms with van der Waals surface area (Å²) in [6.45, 7) is 0. The summed E-state index contributed by atoms with van der Waals surface area (Å²) in [7, 11) is 2.57. The van der Waals surface area contributed by atoms with E-state index in [4.69, 9.17) is 4.74 Å². The smallest absolute Gasteiger partial charge is 0.331 e. The molecule has 0 bridgehead atoms. The van der Waals surface area contributed by atoms with Gasteiger partial charge in [0.05, 0.1) is 28.9 Å². The number of halogens is 2. The van der Waals surface area contributed by atoms with E-state index in [0.717, 1.165) is 17.8 Å². The number of methoxy groups -OCH3 is 2. The van der Waals surface area contributed by atoms with Gasteiger partial charge in [-0.3, -0.25) is 10.1 Å². The Balaban J connectivity index is 2.16. The van der Waals surface area contributed by atoms with E-state index >= 15 is 0 Å². The van der Waals surface area contributed by atoms with Crippen molar-refractivity contribution in [3.05, 3.63) is 38.1 Å². The van der Waals surface area contributed by atoms with Crippen LogP contribution in [0.3, 0.4) is 0 Å². The van der Waals surface area contributed by atoms with Crippen LogP contribution < -0.4 is 10.1 Å². The summed E-state index contributed by atoms with van der Waals surface area (Å²) in [6.07, 6.45) is 2.36. The lowest BCUT2D eigenvalue weighted by molar-refractivity contribution is -0.135. The summed E-state index contributed by atoms with van der Waals surface area (Å²) in [5.74, 6) is -1.55. The summed E-state index contributed by atoms with van der Waals surface area (Å²) in [5.41, 5.74) is 0.402. The number of carbonyl (C=O) groups is 2. The predicted octanol–water partition coefficient (Wildman–Crippen LogP) is 2.05. The first-order valence-electron chi connectivity index (χ1n) is 6.38. The van der Waals surface area contributed by atoms with Crippen molar-refractivity contribution in [2.24, 2.45) is 10.2 Å². The van der Waals surface area contributed by atoms with E-state index in [-0.39, 0.29) is 15.8 Å². The number of amides is 1. The monoisotopic (exact) mass is 463 g/mol. The van der Waals surface area contributed by atoms with Gasteiger partial charge in [-0.25, -0.2) is 9.18 Å². The third-order valence-electron chi connectivity index (χ3n) is 2.73. The summed E-state index contributed by atoms with van der Waals surface area (Å²) in [6, 6.07) is 3.21. The van der Waals surface area contributed by atoms with E-state index in [1.54, 1.807) is 12.1 Å². The zero-order valence-electron chi connectivity index (χ0n) is 12.5. The minimum Gasteiger partial charge on any atom is -0.493 e. The molecule has 0 aliphatic carbocycles. The molecule has 1 aliphatic heterocycles. The molecule has 1 fully saturated rings. The number of hydrogen-bond donors (Lipinski definition) is 1. The zero-order chi connectivity index (χ0) is 17.7. The number of nitrogens with zero attached hydrogens (tertiary/aromatic N) is 2. The van der Waals surface area contributed by atoms with Crippen LogP contribution in [0.2, 0.25) is 0 Å². The third-order valence-corrected chi connectivity index (χ3v) is 4.46. The second-order valence-corrected chi connectivity index (χ2v) is 6.41. The number of ether oxygens (including phenoxy) is 2. The van der Waals surface area contributed by atoms with Crippen LogP contribution in [0.5, 0.6) is 5.75 Å². The Morgan fingerprint density at radius 1 is 1.42 bits per heavy atom. The highest BCUT2D eigenvalue weighted by Gasteiger charge is 2.25. The Kier molecular flexibility index (Phi) is 6.31. The van der Waals surface area contributed by atoms with Crippen molar-refractivity contribution < 1.29 is 23.5 Å². The van der Waals surface area contributed by atoms with Crippen molar-refractivity contribution >= 4 is 57.6 Å². The molecule has 1 saturated heterocycles. The lowest BCUT2D eigenvalue weighted by Crippen LogP contribution is -2.19. The van der Waals surface area contributed by atoms with Gasteiger partial charge in [-0.15, -0.1) is 5.10 Å². The maximum atomic E-state index is 13.9. The number of carbonyl (C=O) groups excluding carboxylic acids is 2. The lowest BCUT2D eigenvalue weighted by atomic mass is 10.2. The maximum absolute atomic E-state index is 13.9. The first kappa shape index (κ1) is 18.4. The molecule has 1 amide bonds. The van der Waals surface area contributed by atoms with Crippen molar-refractivity contribution in [3.63, 3.8) is 0 Å². The molecule has 2 rings (SSSR count). The summed E-state index contributed by atoms with van der Waals surface area (Å²) >= 11 is 2.80. The van der Waals surface area contributed by atoms with Gasteiger partial charge < -0.3 is 9.47 Å². The molecule has 1 N–H and O–H groups in total. The molecule has 1 aromatic rings. The number of nitrogens with one attached hydrogen (secondary N) is 1. The third kappa shape index (κ3) is 4.32. The Labute approximate surface area is 154 Å². The van der Waals surface area contributed by atoms with Crippen LogP contribution in [0.15, 0.2) is 33.3 Å². The van der Waals surface area contributed by atoms with Crippen molar-refractivity contribution in [2.75, 3.05) is 14.2 Å². The number of hydrogen-bond acceptors (Lipinski definition) is 7. The van der Waals surface area contributed by atoms with Gasteiger partial charge in [0.15, 0.2) is 16.7 Å². The molecule has 7 nitrogen and oxygen atoms in total. The van der Waals surface area contributed by atoms with Gasteiger partial charge in [0.2, 0.25) is 0 Å². The molecule has 126 valence electrons. The second-order valence-electron chi connectivity index (χ2n) is 4.22. The molecule has 0 unspecified atom stereocenters. The van der Waals surface area contributed by atoms with Crippen LogP contribution >= 0.6 is 34.4 Å². The minimum absolute atomic E-state index is 0.0558. The molecule has 0 radical (unpaired) electrons. The molecule has 24 heavy (non-hydrogen) atoms. The van der Waals surface area contributed by atoms with Gasteiger partial charge in [-0.1, -0.05) is 0 Å². The summed E-state index contributed by atoms with van der Waals surface area (Å²) in [5, 5.41) is 10.3. The molecule has 10 heteroatoms. The van der Waals surface area contributed by atoms with Crippen LogP contribution in [-0.2, 0) is 14.3 Å².